The molecule has 0 aliphatic heterocycles. The molecule has 0 radical (unpaired) electrons. The van der Waals surface area contributed by atoms with Gasteiger partial charge in [-0.2, -0.15) is 0 Å². The van der Waals surface area contributed by atoms with Crippen molar-refractivity contribution in [3.05, 3.63) is 0 Å². The van der Waals surface area contributed by atoms with Gasteiger partial charge in [-0.25, -0.2) is 0 Å². The van der Waals surface area contributed by atoms with Crippen LogP contribution in [0.5, 0.6) is 0 Å². The smallest absolute Gasteiger partial charge is 0.303 e. The van der Waals surface area contributed by atoms with Gasteiger partial charge < -0.3 is 16.2 Å². The van der Waals surface area contributed by atoms with Gasteiger partial charge in [0.15, 0.2) is 0 Å². The van der Waals surface area contributed by atoms with Crippen LogP contribution in [0.2, 0.25) is 0 Å². The van der Waals surface area contributed by atoms with E-state index < -0.39 is 5.97 Å². The molecule has 0 saturated carbocycles. The van der Waals surface area contributed by atoms with E-state index >= 15 is 0 Å². The highest BCUT2D eigenvalue weighted by molar-refractivity contribution is 5.66. The Balaban J connectivity index is 2.86. The lowest BCUT2D eigenvalue weighted by Gasteiger charge is -2.01. The first kappa shape index (κ1) is 11.4. The van der Waals surface area contributed by atoms with Gasteiger partial charge in [-0.05, 0) is 38.9 Å². The summed E-state index contributed by atoms with van der Waals surface area (Å²) in [5.74, 6) is -0.723. The number of carbonyl (C=O) groups is 1. The second-order valence-corrected chi connectivity index (χ2v) is 2.74. The topological polar surface area (TPSA) is 75.3 Å². The molecular formula is C8H18N2O2. The van der Waals surface area contributed by atoms with Crippen molar-refractivity contribution in [1.82, 2.24) is 5.32 Å². The fourth-order valence-corrected chi connectivity index (χ4v) is 0.884. The summed E-state index contributed by atoms with van der Waals surface area (Å²) in [4.78, 5) is 10.1. The van der Waals surface area contributed by atoms with Gasteiger partial charge in [-0.3, -0.25) is 4.79 Å². The third kappa shape index (κ3) is 9.39. The molecule has 4 heteroatoms. The maximum atomic E-state index is 10.1. The van der Waals surface area contributed by atoms with E-state index in [-0.39, 0.29) is 6.42 Å². The van der Waals surface area contributed by atoms with E-state index in [4.69, 9.17) is 10.8 Å². The summed E-state index contributed by atoms with van der Waals surface area (Å²) < 4.78 is 0. The molecule has 0 heterocycles. The second-order valence-electron chi connectivity index (χ2n) is 2.74. The molecule has 0 amide bonds. The molecule has 0 atom stereocenters. The summed E-state index contributed by atoms with van der Waals surface area (Å²) in [5.41, 5.74) is 5.30. The third-order valence-electron chi connectivity index (χ3n) is 1.55. The molecule has 0 bridgehead atoms. The highest BCUT2D eigenvalue weighted by atomic mass is 16.4. The van der Waals surface area contributed by atoms with Gasteiger partial charge >= 0.3 is 5.97 Å². The van der Waals surface area contributed by atoms with Crippen LogP contribution in [0.15, 0.2) is 0 Å². The van der Waals surface area contributed by atoms with Crippen LogP contribution in [0, 0.1) is 0 Å². The summed E-state index contributed by atoms with van der Waals surface area (Å²) in [6.07, 6.45) is 3.07. The van der Waals surface area contributed by atoms with Gasteiger partial charge in [0.25, 0.3) is 0 Å². The highest BCUT2D eigenvalue weighted by Crippen LogP contribution is 1.87. The molecule has 0 fully saturated rings. The normalized spacial score (nSPS) is 10.1. The van der Waals surface area contributed by atoms with Gasteiger partial charge in [0.05, 0.1) is 0 Å². The highest BCUT2D eigenvalue weighted by Gasteiger charge is 1.94. The number of nitrogens with one attached hydrogen (secondary N) is 1. The van der Waals surface area contributed by atoms with Crippen LogP contribution in [0.3, 0.4) is 0 Å². The zero-order valence-electron chi connectivity index (χ0n) is 7.38. The number of unbranched alkanes of at least 4 members (excludes halogenated alkanes) is 1. The number of rotatable bonds is 8. The third-order valence-corrected chi connectivity index (χ3v) is 1.55. The van der Waals surface area contributed by atoms with Gasteiger partial charge in [0.2, 0.25) is 0 Å². The molecule has 0 aromatic heterocycles. The molecule has 0 rings (SSSR count). The predicted octanol–water partition coefficient (Wildman–Crippen LogP) is 0.180. The van der Waals surface area contributed by atoms with Crippen LogP contribution >= 0.6 is 0 Å². The van der Waals surface area contributed by atoms with Crippen LogP contribution in [0.25, 0.3) is 0 Å². The fraction of sp³-hybridized carbons (Fsp3) is 0.875. The predicted molar refractivity (Wildman–Crippen MR) is 48.0 cm³/mol. The number of aliphatic carboxylic acids is 1. The van der Waals surface area contributed by atoms with Crippen LogP contribution < -0.4 is 11.1 Å². The van der Waals surface area contributed by atoms with Crippen LogP contribution in [0.1, 0.15) is 25.7 Å². The minimum atomic E-state index is -0.723. The Morgan fingerprint density at radius 3 is 2.50 bits per heavy atom. The molecule has 12 heavy (non-hydrogen) atoms. The molecule has 0 aromatic rings. The lowest BCUT2D eigenvalue weighted by atomic mass is 10.3. The van der Waals surface area contributed by atoms with Crippen LogP contribution in [0.4, 0.5) is 0 Å². The van der Waals surface area contributed by atoms with Crippen molar-refractivity contribution in [2.45, 2.75) is 25.7 Å². The molecule has 4 N–H and O–H groups in total. The van der Waals surface area contributed by atoms with Crippen LogP contribution in [-0.4, -0.2) is 30.7 Å². The average Bonchev–Trinajstić information content (AvgIpc) is 2.02. The molecule has 0 aromatic carbocycles. The van der Waals surface area contributed by atoms with Crippen molar-refractivity contribution in [2.24, 2.45) is 5.73 Å². The summed E-state index contributed by atoms with van der Waals surface area (Å²) in [6, 6.07) is 0. The molecule has 0 unspecified atom stereocenters. The second kappa shape index (κ2) is 8.49. The Morgan fingerprint density at radius 2 is 1.92 bits per heavy atom. The number of hydrogen-bond donors (Lipinski definition) is 3. The maximum Gasteiger partial charge on any atom is 0.303 e. The quantitative estimate of drug-likeness (QED) is 0.459. The van der Waals surface area contributed by atoms with Gasteiger partial charge in [-0.1, -0.05) is 0 Å². The summed E-state index contributed by atoms with van der Waals surface area (Å²) in [5, 5.41) is 11.5. The summed E-state index contributed by atoms with van der Waals surface area (Å²) in [6.45, 7) is 2.46. The molecular weight excluding hydrogens is 156 g/mol. The van der Waals surface area contributed by atoms with Crippen molar-refractivity contribution in [3.8, 4) is 0 Å². The Labute approximate surface area is 73.1 Å². The minimum Gasteiger partial charge on any atom is -0.481 e. The van der Waals surface area contributed by atoms with Gasteiger partial charge in [-0.15, -0.1) is 0 Å². The average molecular weight is 174 g/mol. The Bertz CT molecular complexity index is 118. The lowest BCUT2D eigenvalue weighted by Crippen LogP contribution is -2.18. The Kier molecular flexibility index (Phi) is 8.05. The molecule has 0 aliphatic rings. The first-order valence-corrected chi connectivity index (χ1v) is 4.40. The summed E-state index contributed by atoms with van der Waals surface area (Å²) >= 11 is 0. The standard InChI is InChI=1S/C8H18N2O2/c9-5-1-2-6-10-7-3-4-8(11)12/h10H,1-7,9H2,(H,11,12). The zero-order valence-corrected chi connectivity index (χ0v) is 7.38. The molecule has 0 aliphatic carbocycles. The number of carboxylic acid groups (broad SMARTS) is 1. The Morgan fingerprint density at radius 1 is 1.25 bits per heavy atom. The lowest BCUT2D eigenvalue weighted by molar-refractivity contribution is -0.137. The van der Waals surface area contributed by atoms with Crippen molar-refractivity contribution in [2.75, 3.05) is 19.6 Å². The van der Waals surface area contributed by atoms with Crippen molar-refractivity contribution >= 4 is 5.97 Å². The summed E-state index contributed by atoms with van der Waals surface area (Å²) in [7, 11) is 0. The van der Waals surface area contributed by atoms with Gasteiger partial charge in [0.1, 0.15) is 0 Å². The largest absolute Gasteiger partial charge is 0.481 e. The number of nitrogens with two attached hydrogens (primary N) is 1. The van der Waals surface area contributed by atoms with Crippen molar-refractivity contribution in [1.29, 1.82) is 0 Å². The maximum absolute atomic E-state index is 10.1. The van der Waals surface area contributed by atoms with E-state index in [2.05, 4.69) is 5.32 Å². The van der Waals surface area contributed by atoms with Crippen molar-refractivity contribution < 1.29 is 9.90 Å². The van der Waals surface area contributed by atoms with E-state index in [0.29, 0.717) is 6.42 Å². The van der Waals surface area contributed by atoms with Crippen LogP contribution in [-0.2, 0) is 4.79 Å². The Hall–Kier alpha value is -0.610. The molecule has 0 spiro atoms. The first-order valence-electron chi connectivity index (χ1n) is 4.40. The monoisotopic (exact) mass is 174 g/mol. The SMILES string of the molecule is NCCCCNCCCC(=O)O. The fourth-order valence-electron chi connectivity index (χ4n) is 0.884. The molecule has 72 valence electrons. The zero-order chi connectivity index (χ0) is 9.23. The van der Waals surface area contributed by atoms with E-state index in [0.717, 1.165) is 32.5 Å². The van der Waals surface area contributed by atoms with Gasteiger partial charge in [0, 0.05) is 6.42 Å². The molecule has 4 nitrogen and oxygen atoms in total. The first-order chi connectivity index (χ1) is 5.77. The van der Waals surface area contributed by atoms with E-state index in [1.54, 1.807) is 0 Å². The number of carboxylic acids is 1. The van der Waals surface area contributed by atoms with Crippen molar-refractivity contribution in [3.63, 3.8) is 0 Å². The molecule has 0 saturated heterocycles. The van der Waals surface area contributed by atoms with E-state index in [1.807, 2.05) is 0 Å². The van der Waals surface area contributed by atoms with E-state index in [1.165, 1.54) is 0 Å². The number of hydrogen-bond acceptors (Lipinski definition) is 3. The minimum absolute atomic E-state index is 0.254. The van der Waals surface area contributed by atoms with E-state index in [9.17, 15) is 4.79 Å².